The van der Waals surface area contributed by atoms with Gasteiger partial charge in [0.2, 0.25) is 5.78 Å². The number of hydrogen-bond acceptors (Lipinski definition) is 8. The molecule has 1 heterocycles. The van der Waals surface area contributed by atoms with Crippen LogP contribution >= 0.6 is 0 Å². The van der Waals surface area contributed by atoms with Gasteiger partial charge in [0.1, 0.15) is 0 Å². The van der Waals surface area contributed by atoms with Crippen molar-refractivity contribution >= 4 is 34.3 Å². The number of carbonyl (C=O) groups excluding carboxylic acids is 2. The van der Waals surface area contributed by atoms with E-state index in [1.165, 1.54) is 0 Å². The molecule has 2 rings (SSSR count). The average Bonchev–Trinajstić information content (AvgIpc) is 2.58. The molecule has 0 bridgehead atoms. The van der Waals surface area contributed by atoms with Crippen LogP contribution in [0.4, 0.5) is 5.82 Å². The Balaban J connectivity index is 0.000000232. The van der Waals surface area contributed by atoms with Crippen molar-refractivity contribution in [3.05, 3.63) is 30.5 Å². The Kier molecular flexibility index (Phi) is 7.04. The number of nitrogen functional groups attached to an aromatic ring is 1. The van der Waals surface area contributed by atoms with E-state index in [-0.39, 0.29) is 12.8 Å². The van der Waals surface area contributed by atoms with Crippen LogP contribution in [0.2, 0.25) is 0 Å². The molecule has 122 valence electrons. The van der Waals surface area contributed by atoms with Crippen LogP contribution in [0.25, 0.3) is 10.8 Å². The first kappa shape index (κ1) is 17.9. The van der Waals surface area contributed by atoms with E-state index >= 15 is 0 Å². The molecule has 0 radical (unpaired) electrons. The number of carboxylic acids is 1. The van der Waals surface area contributed by atoms with E-state index in [1.54, 1.807) is 11.6 Å². The van der Waals surface area contributed by atoms with Gasteiger partial charge in [0.25, 0.3) is 0 Å². The van der Waals surface area contributed by atoms with Crippen molar-refractivity contribution in [2.75, 3.05) is 5.43 Å². The minimum atomic E-state index is -1.12. The van der Waals surface area contributed by atoms with Gasteiger partial charge in [0.15, 0.2) is 5.82 Å². The molecule has 0 aliphatic rings. The first-order chi connectivity index (χ1) is 11.0. The molecule has 2 aromatic rings. The number of nitrogens with one attached hydrogen (secondary N) is 2. The zero-order valence-corrected chi connectivity index (χ0v) is 12.0. The molecular weight excluding hydrogens is 304 g/mol. The van der Waals surface area contributed by atoms with Crippen molar-refractivity contribution in [2.24, 2.45) is 11.7 Å². The summed E-state index contributed by atoms with van der Waals surface area (Å²) in [6.45, 7) is 0. The highest BCUT2D eigenvalue weighted by molar-refractivity contribution is 6.36. The zero-order chi connectivity index (χ0) is 17.2. The fourth-order valence-corrected chi connectivity index (χ4v) is 1.55. The summed E-state index contributed by atoms with van der Waals surface area (Å²) in [6, 6.07) is 7.79. The maximum atomic E-state index is 10.5. The first-order valence-electron chi connectivity index (χ1n) is 6.42. The van der Waals surface area contributed by atoms with Crippen LogP contribution < -0.4 is 22.5 Å². The molecule has 0 unspecified atom stereocenters. The molecule has 1 aromatic heterocycles. The normalized spacial score (nSPS) is 9.48. The van der Waals surface area contributed by atoms with E-state index in [0.29, 0.717) is 5.82 Å². The molecule has 10 nitrogen and oxygen atoms in total. The predicted octanol–water partition coefficient (Wildman–Crippen LogP) is -0.674. The van der Waals surface area contributed by atoms with Crippen LogP contribution in [0.1, 0.15) is 12.8 Å². The van der Waals surface area contributed by atoms with E-state index in [4.69, 9.17) is 10.9 Å². The fourth-order valence-electron chi connectivity index (χ4n) is 1.55. The number of ketones is 1. The molecule has 0 spiro atoms. The van der Waals surface area contributed by atoms with Crippen LogP contribution in [0.15, 0.2) is 30.5 Å². The summed E-state index contributed by atoms with van der Waals surface area (Å²) in [7, 11) is 0. The number of hydrogen-bond donors (Lipinski definition) is 5. The standard InChI is InChI=1S/C8H8N4.C5H8N2O4/c9-11-8-7-4-2-1-3-6(7)5-10-12-8;6-7-5(11)3(8)1-2-4(9)10/h1-5H,9H2,(H,11,12);1-2,6H2,(H,7,11)(H,9,10). The van der Waals surface area contributed by atoms with Gasteiger partial charge >= 0.3 is 11.9 Å². The maximum Gasteiger partial charge on any atom is 0.303 e. The monoisotopic (exact) mass is 320 g/mol. The molecule has 0 saturated carbocycles. The van der Waals surface area contributed by atoms with Crippen molar-refractivity contribution in [1.82, 2.24) is 15.6 Å². The molecule has 1 amide bonds. The molecule has 7 N–H and O–H groups in total. The predicted molar refractivity (Wildman–Crippen MR) is 81.6 cm³/mol. The van der Waals surface area contributed by atoms with E-state index in [9.17, 15) is 14.4 Å². The van der Waals surface area contributed by atoms with Gasteiger partial charge in [-0.25, -0.2) is 11.7 Å². The highest BCUT2D eigenvalue weighted by Crippen LogP contribution is 2.17. The van der Waals surface area contributed by atoms with E-state index < -0.39 is 17.7 Å². The molecule has 0 aliphatic heterocycles. The molecule has 23 heavy (non-hydrogen) atoms. The highest BCUT2D eigenvalue weighted by atomic mass is 16.4. The number of Topliss-reactive ketones (excluding diaryl/α,β-unsaturated/α-hetero) is 1. The molecule has 10 heteroatoms. The van der Waals surface area contributed by atoms with Crippen LogP contribution in [0, 0.1) is 0 Å². The highest BCUT2D eigenvalue weighted by Gasteiger charge is 2.12. The van der Waals surface area contributed by atoms with Gasteiger partial charge in [-0.1, -0.05) is 24.3 Å². The molecule has 1 aromatic carbocycles. The number of anilines is 1. The third-order valence-corrected chi connectivity index (χ3v) is 2.66. The Bertz CT molecular complexity index is 700. The van der Waals surface area contributed by atoms with Crippen LogP contribution in [0.3, 0.4) is 0 Å². The summed E-state index contributed by atoms with van der Waals surface area (Å²) in [6.07, 6.45) is 1.03. The number of nitrogens with two attached hydrogens (primary N) is 2. The molecule has 0 aliphatic carbocycles. The second-order valence-electron chi connectivity index (χ2n) is 4.22. The number of aromatic nitrogens is 2. The largest absolute Gasteiger partial charge is 0.481 e. The lowest BCUT2D eigenvalue weighted by molar-refractivity contribution is -0.141. The van der Waals surface area contributed by atoms with Crippen molar-refractivity contribution in [3.8, 4) is 0 Å². The van der Waals surface area contributed by atoms with Gasteiger partial charge in [-0.15, -0.1) is 5.10 Å². The summed E-state index contributed by atoms with van der Waals surface area (Å²) in [5, 5.41) is 17.7. The van der Waals surface area contributed by atoms with Crippen molar-refractivity contribution in [1.29, 1.82) is 0 Å². The molecular formula is C13H16N6O4. The summed E-state index contributed by atoms with van der Waals surface area (Å²) in [5.74, 6) is 7.57. The number of carboxylic acid groups (broad SMARTS) is 1. The van der Waals surface area contributed by atoms with Gasteiger partial charge in [-0.2, -0.15) is 5.10 Å². The summed E-state index contributed by atoms with van der Waals surface area (Å²) >= 11 is 0. The Labute approximate surface area is 130 Å². The Morgan fingerprint density at radius 3 is 2.43 bits per heavy atom. The summed E-state index contributed by atoms with van der Waals surface area (Å²) in [5.41, 5.74) is 4.10. The van der Waals surface area contributed by atoms with Crippen LogP contribution in [-0.2, 0) is 14.4 Å². The van der Waals surface area contributed by atoms with Gasteiger partial charge in [-0.05, 0) is 0 Å². The first-order valence-corrected chi connectivity index (χ1v) is 6.42. The Morgan fingerprint density at radius 1 is 1.13 bits per heavy atom. The van der Waals surface area contributed by atoms with Gasteiger partial charge in [0, 0.05) is 17.2 Å². The van der Waals surface area contributed by atoms with Crippen molar-refractivity contribution in [3.63, 3.8) is 0 Å². The second kappa shape index (κ2) is 9.02. The summed E-state index contributed by atoms with van der Waals surface area (Å²) < 4.78 is 0. The lowest BCUT2D eigenvalue weighted by Crippen LogP contribution is -2.36. The fraction of sp³-hybridized carbons (Fsp3) is 0.154. The minimum Gasteiger partial charge on any atom is -0.481 e. The number of rotatable bonds is 5. The summed E-state index contributed by atoms with van der Waals surface area (Å²) in [4.78, 5) is 30.8. The van der Waals surface area contributed by atoms with Gasteiger partial charge in [0.05, 0.1) is 12.6 Å². The molecule has 0 fully saturated rings. The van der Waals surface area contributed by atoms with Crippen LogP contribution in [-0.4, -0.2) is 33.0 Å². The van der Waals surface area contributed by atoms with Gasteiger partial charge in [-0.3, -0.25) is 19.8 Å². The number of amides is 1. The molecule has 0 atom stereocenters. The SMILES string of the molecule is NNC(=O)C(=O)CCC(=O)O.NNc1nncc2ccccc12. The number of carbonyl (C=O) groups is 3. The number of aliphatic carboxylic acids is 1. The van der Waals surface area contributed by atoms with Crippen molar-refractivity contribution in [2.45, 2.75) is 12.8 Å². The second-order valence-corrected chi connectivity index (χ2v) is 4.22. The molecule has 0 saturated heterocycles. The zero-order valence-electron chi connectivity index (χ0n) is 12.0. The number of benzene rings is 1. The Morgan fingerprint density at radius 2 is 1.83 bits per heavy atom. The third kappa shape index (κ3) is 5.65. The maximum absolute atomic E-state index is 10.5. The smallest absolute Gasteiger partial charge is 0.303 e. The third-order valence-electron chi connectivity index (χ3n) is 2.66. The number of nitrogens with zero attached hydrogens (tertiary/aromatic N) is 2. The van der Waals surface area contributed by atoms with Crippen molar-refractivity contribution < 1.29 is 19.5 Å². The number of fused-ring (bicyclic) bond motifs is 1. The minimum absolute atomic E-state index is 0.321. The van der Waals surface area contributed by atoms with E-state index in [0.717, 1.165) is 10.8 Å². The topological polar surface area (TPSA) is 173 Å². The van der Waals surface area contributed by atoms with Crippen LogP contribution in [0.5, 0.6) is 0 Å². The van der Waals surface area contributed by atoms with E-state index in [1.807, 2.05) is 24.3 Å². The van der Waals surface area contributed by atoms with E-state index in [2.05, 4.69) is 21.5 Å². The lowest BCUT2D eigenvalue weighted by atomic mass is 10.2. The van der Waals surface area contributed by atoms with Gasteiger partial charge < -0.3 is 10.5 Å². The quantitative estimate of drug-likeness (QED) is 0.207. The number of hydrazine groups is 2. The average molecular weight is 320 g/mol. The lowest BCUT2D eigenvalue weighted by Gasteiger charge is -2.01. The Hall–Kier alpha value is -3.11.